The van der Waals surface area contributed by atoms with Crippen LogP contribution >= 0.6 is 0 Å². The van der Waals surface area contributed by atoms with E-state index in [1.165, 1.54) is 18.4 Å². The van der Waals surface area contributed by atoms with Gasteiger partial charge < -0.3 is 4.90 Å². The van der Waals surface area contributed by atoms with Crippen molar-refractivity contribution in [3.8, 4) is 0 Å². The molecule has 3 aliphatic rings. The number of rotatable bonds is 2. The molecule has 1 aromatic rings. The van der Waals surface area contributed by atoms with E-state index < -0.39 is 0 Å². The monoisotopic (exact) mass is 284 g/mol. The maximum Gasteiger partial charge on any atom is 0.244 e. The van der Waals surface area contributed by atoms with E-state index in [1.54, 1.807) is 0 Å². The van der Waals surface area contributed by atoms with Crippen LogP contribution in [0.25, 0.3) is 0 Å². The molecule has 3 fully saturated rings. The van der Waals surface area contributed by atoms with Crippen molar-refractivity contribution in [2.24, 2.45) is 5.92 Å². The summed E-state index contributed by atoms with van der Waals surface area (Å²) in [5.74, 6) is 1.17. The molecule has 0 aromatic heterocycles. The molecule has 4 rings (SSSR count). The van der Waals surface area contributed by atoms with Gasteiger partial charge in [0.25, 0.3) is 0 Å². The minimum absolute atomic E-state index is 0.0830. The molecule has 21 heavy (non-hydrogen) atoms. The third-order valence-corrected chi connectivity index (χ3v) is 5.58. The molecule has 3 nitrogen and oxygen atoms in total. The second kappa shape index (κ2) is 4.84. The van der Waals surface area contributed by atoms with Crippen LogP contribution in [0.4, 0.5) is 0 Å². The third-order valence-electron chi connectivity index (χ3n) is 5.58. The molecule has 1 saturated heterocycles. The van der Waals surface area contributed by atoms with Crippen LogP contribution in [0, 0.1) is 5.92 Å². The van der Waals surface area contributed by atoms with Crippen LogP contribution in [-0.4, -0.2) is 22.4 Å². The zero-order valence-electron chi connectivity index (χ0n) is 12.7. The summed E-state index contributed by atoms with van der Waals surface area (Å²) in [5, 5.41) is 3.64. The van der Waals surface area contributed by atoms with Crippen LogP contribution in [0.15, 0.2) is 30.3 Å². The third kappa shape index (κ3) is 2.18. The second-order valence-electron chi connectivity index (χ2n) is 7.17. The highest BCUT2D eigenvalue weighted by atomic mass is 16.2. The molecular formula is C18H24N2O. The van der Waals surface area contributed by atoms with E-state index in [9.17, 15) is 4.79 Å². The minimum atomic E-state index is -0.219. The number of hydrogen-bond acceptors (Lipinski definition) is 2. The van der Waals surface area contributed by atoms with Gasteiger partial charge in [-0.3, -0.25) is 10.1 Å². The van der Waals surface area contributed by atoms with Crippen LogP contribution in [0.1, 0.15) is 57.2 Å². The molecular weight excluding hydrogens is 260 g/mol. The second-order valence-corrected chi connectivity index (χ2v) is 7.17. The first-order chi connectivity index (χ1) is 10.2. The van der Waals surface area contributed by atoms with Gasteiger partial charge in [-0.25, -0.2) is 0 Å². The van der Waals surface area contributed by atoms with Crippen molar-refractivity contribution in [3.63, 3.8) is 0 Å². The van der Waals surface area contributed by atoms with Gasteiger partial charge >= 0.3 is 0 Å². The van der Waals surface area contributed by atoms with Crippen LogP contribution < -0.4 is 5.32 Å². The molecule has 2 aliphatic carbocycles. The fourth-order valence-corrected chi connectivity index (χ4v) is 4.02. The SMILES string of the molecule is CC1CCC(N2C(=O)C3(CC3)NC2c2ccccc2)CC1. The molecule has 1 amide bonds. The highest BCUT2D eigenvalue weighted by Crippen LogP contribution is 2.48. The van der Waals surface area contributed by atoms with E-state index in [0.29, 0.717) is 11.9 Å². The Bertz CT molecular complexity index is 529. The lowest BCUT2D eigenvalue weighted by Crippen LogP contribution is -2.42. The molecule has 1 unspecified atom stereocenters. The lowest BCUT2D eigenvalue weighted by atomic mass is 9.86. The van der Waals surface area contributed by atoms with Crippen LogP contribution in [0.2, 0.25) is 0 Å². The standard InChI is InChI=1S/C18H24N2O/c1-13-7-9-15(10-8-13)20-16(14-5-3-2-4-6-14)19-18(11-12-18)17(20)21/h2-6,13,15-16,19H,7-12H2,1H3. The average Bonchev–Trinajstić information content (AvgIpc) is 3.24. The molecule has 112 valence electrons. The number of hydrogen-bond donors (Lipinski definition) is 1. The fourth-order valence-electron chi connectivity index (χ4n) is 4.02. The van der Waals surface area contributed by atoms with Crippen molar-refractivity contribution in [1.82, 2.24) is 10.2 Å². The number of benzene rings is 1. The molecule has 1 aliphatic heterocycles. The zero-order chi connectivity index (χ0) is 14.4. The highest BCUT2D eigenvalue weighted by molar-refractivity contribution is 5.92. The van der Waals surface area contributed by atoms with E-state index >= 15 is 0 Å². The summed E-state index contributed by atoms with van der Waals surface area (Å²) >= 11 is 0. The largest absolute Gasteiger partial charge is 0.318 e. The summed E-state index contributed by atoms with van der Waals surface area (Å²) in [6.45, 7) is 2.33. The van der Waals surface area contributed by atoms with Gasteiger partial charge in [0.2, 0.25) is 5.91 Å². The van der Waals surface area contributed by atoms with Crippen LogP contribution in [-0.2, 0) is 4.79 Å². The number of nitrogens with zero attached hydrogens (tertiary/aromatic N) is 1. The normalized spacial score (nSPS) is 34.4. The predicted octanol–water partition coefficient (Wildman–Crippen LogP) is 3.23. The van der Waals surface area contributed by atoms with Crippen molar-refractivity contribution >= 4 is 5.91 Å². The van der Waals surface area contributed by atoms with Crippen molar-refractivity contribution in [3.05, 3.63) is 35.9 Å². The van der Waals surface area contributed by atoms with Crippen molar-refractivity contribution in [1.29, 1.82) is 0 Å². The maximum atomic E-state index is 12.9. The Hall–Kier alpha value is -1.35. The minimum Gasteiger partial charge on any atom is -0.318 e. The smallest absolute Gasteiger partial charge is 0.244 e. The van der Waals surface area contributed by atoms with Crippen molar-refractivity contribution < 1.29 is 4.79 Å². The van der Waals surface area contributed by atoms with Gasteiger partial charge in [0.15, 0.2) is 0 Å². The van der Waals surface area contributed by atoms with Crippen molar-refractivity contribution in [2.75, 3.05) is 0 Å². The topological polar surface area (TPSA) is 32.3 Å². The fraction of sp³-hybridized carbons (Fsp3) is 0.611. The average molecular weight is 284 g/mol. The molecule has 2 saturated carbocycles. The molecule has 1 aromatic carbocycles. The van der Waals surface area contributed by atoms with Gasteiger partial charge in [0.05, 0.1) is 0 Å². The maximum absolute atomic E-state index is 12.9. The van der Waals surface area contributed by atoms with Crippen LogP contribution in [0.3, 0.4) is 0 Å². The van der Waals surface area contributed by atoms with Gasteiger partial charge in [-0.2, -0.15) is 0 Å². The highest BCUT2D eigenvalue weighted by Gasteiger charge is 2.60. The summed E-state index contributed by atoms with van der Waals surface area (Å²) in [6, 6.07) is 10.9. The molecule has 0 bridgehead atoms. The molecule has 1 atom stereocenters. The first kappa shape index (κ1) is 13.3. The molecule has 1 heterocycles. The Morgan fingerprint density at radius 2 is 1.76 bits per heavy atom. The summed E-state index contributed by atoms with van der Waals surface area (Å²) in [5.41, 5.74) is 1.01. The Morgan fingerprint density at radius 3 is 2.38 bits per heavy atom. The Labute approximate surface area is 126 Å². The summed E-state index contributed by atoms with van der Waals surface area (Å²) in [6.07, 6.45) is 6.93. The molecule has 1 spiro atoms. The van der Waals surface area contributed by atoms with Gasteiger partial charge in [-0.05, 0) is 50.0 Å². The summed E-state index contributed by atoms with van der Waals surface area (Å²) in [4.78, 5) is 15.1. The predicted molar refractivity (Wildman–Crippen MR) is 82.5 cm³/mol. The first-order valence-electron chi connectivity index (χ1n) is 8.35. The van der Waals surface area contributed by atoms with Crippen LogP contribution in [0.5, 0.6) is 0 Å². The van der Waals surface area contributed by atoms with Crippen molar-refractivity contribution in [2.45, 2.75) is 63.2 Å². The van der Waals surface area contributed by atoms with Gasteiger partial charge in [-0.15, -0.1) is 0 Å². The van der Waals surface area contributed by atoms with E-state index in [2.05, 4.69) is 41.4 Å². The van der Waals surface area contributed by atoms with E-state index in [-0.39, 0.29) is 11.7 Å². The number of amides is 1. The first-order valence-corrected chi connectivity index (χ1v) is 8.35. The lowest BCUT2D eigenvalue weighted by Gasteiger charge is -2.37. The van der Waals surface area contributed by atoms with Gasteiger partial charge in [0.1, 0.15) is 11.7 Å². The number of carbonyl (C=O) groups is 1. The van der Waals surface area contributed by atoms with Gasteiger partial charge in [-0.1, -0.05) is 37.3 Å². The van der Waals surface area contributed by atoms with E-state index in [1.807, 2.05) is 6.07 Å². The zero-order valence-corrected chi connectivity index (χ0v) is 12.7. The summed E-state index contributed by atoms with van der Waals surface area (Å²) < 4.78 is 0. The number of nitrogens with one attached hydrogen (secondary N) is 1. The van der Waals surface area contributed by atoms with E-state index in [4.69, 9.17) is 0 Å². The molecule has 0 radical (unpaired) electrons. The molecule has 3 heteroatoms. The summed E-state index contributed by atoms with van der Waals surface area (Å²) in [7, 11) is 0. The Kier molecular flexibility index (Phi) is 3.07. The molecule has 1 N–H and O–H groups in total. The number of carbonyl (C=O) groups excluding carboxylic acids is 1. The van der Waals surface area contributed by atoms with Gasteiger partial charge in [0, 0.05) is 6.04 Å². The lowest BCUT2D eigenvalue weighted by molar-refractivity contribution is -0.134. The van der Waals surface area contributed by atoms with E-state index in [0.717, 1.165) is 31.6 Å². The Balaban J connectivity index is 1.63. The quantitative estimate of drug-likeness (QED) is 0.904. The Morgan fingerprint density at radius 1 is 1.10 bits per heavy atom.